The van der Waals surface area contributed by atoms with E-state index in [1.807, 2.05) is 42.5 Å². The Balaban J connectivity index is 1.62. The molecule has 0 bridgehead atoms. The quantitative estimate of drug-likeness (QED) is 0.842. The summed E-state index contributed by atoms with van der Waals surface area (Å²) in [6, 6.07) is 13.1. The van der Waals surface area contributed by atoms with Gasteiger partial charge in [-0.05, 0) is 47.7 Å². The summed E-state index contributed by atoms with van der Waals surface area (Å²) in [6.45, 7) is 0.973. The lowest BCUT2D eigenvalue weighted by Gasteiger charge is -2.21. The van der Waals surface area contributed by atoms with Crippen LogP contribution in [0.15, 0.2) is 52.4 Å². The molecule has 0 saturated carbocycles. The van der Waals surface area contributed by atoms with Crippen molar-refractivity contribution in [3.05, 3.63) is 52.9 Å². The van der Waals surface area contributed by atoms with Crippen LogP contribution in [0.2, 0.25) is 0 Å². The van der Waals surface area contributed by atoms with E-state index in [2.05, 4.69) is 10.3 Å². The van der Waals surface area contributed by atoms with Crippen LogP contribution >= 0.6 is 11.8 Å². The Hall–Kier alpha value is -2.93. The summed E-state index contributed by atoms with van der Waals surface area (Å²) in [6.07, 6.45) is 1.79. The van der Waals surface area contributed by atoms with Gasteiger partial charge in [-0.2, -0.15) is 0 Å². The number of carbonyl (C=O) groups is 1. The zero-order valence-electron chi connectivity index (χ0n) is 14.0. The second-order valence-corrected chi connectivity index (χ2v) is 6.60. The number of nitrogens with zero attached hydrogens (tertiary/aromatic N) is 1. The summed E-state index contributed by atoms with van der Waals surface area (Å²) in [4.78, 5) is 17.3. The molecule has 0 aliphatic carbocycles. The van der Waals surface area contributed by atoms with Gasteiger partial charge in [0.25, 0.3) is 5.91 Å². The largest absolute Gasteiger partial charge is 0.493 e. The second-order valence-electron chi connectivity index (χ2n) is 5.56. The first-order valence-corrected chi connectivity index (χ1v) is 8.87. The molecule has 0 aromatic heterocycles. The third-order valence-corrected chi connectivity index (χ3v) is 4.70. The highest BCUT2D eigenvalue weighted by atomic mass is 32.2. The molecule has 0 atom stereocenters. The molecule has 1 fully saturated rings. The van der Waals surface area contributed by atoms with E-state index in [1.165, 1.54) is 11.8 Å². The van der Waals surface area contributed by atoms with Crippen molar-refractivity contribution in [2.24, 2.45) is 4.99 Å². The molecule has 2 aromatic rings. The molecule has 4 rings (SSSR count). The van der Waals surface area contributed by atoms with Crippen molar-refractivity contribution in [1.29, 1.82) is 0 Å². The highest BCUT2D eigenvalue weighted by molar-refractivity contribution is 8.18. The first-order valence-electron chi connectivity index (χ1n) is 8.05. The molecule has 2 aromatic carbocycles. The number of methoxy groups -OCH3 is 1. The van der Waals surface area contributed by atoms with Gasteiger partial charge in [-0.1, -0.05) is 18.2 Å². The van der Waals surface area contributed by atoms with Gasteiger partial charge in [0.05, 0.1) is 17.7 Å². The first kappa shape index (κ1) is 16.5. The number of ether oxygens (including phenoxy) is 3. The fourth-order valence-electron chi connectivity index (χ4n) is 2.63. The van der Waals surface area contributed by atoms with Gasteiger partial charge in [-0.3, -0.25) is 4.79 Å². The van der Waals surface area contributed by atoms with Crippen LogP contribution in [0, 0.1) is 0 Å². The maximum Gasteiger partial charge on any atom is 0.264 e. The van der Waals surface area contributed by atoms with Crippen LogP contribution in [-0.4, -0.2) is 31.4 Å². The second kappa shape index (κ2) is 7.13. The average molecular weight is 368 g/mol. The number of nitrogens with one attached hydrogen (secondary N) is 1. The number of carbonyl (C=O) groups excluding carboxylic acids is 1. The van der Waals surface area contributed by atoms with Crippen molar-refractivity contribution in [2.75, 3.05) is 20.3 Å². The van der Waals surface area contributed by atoms with Crippen LogP contribution in [-0.2, 0) is 4.79 Å². The number of benzene rings is 2. The van der Waals surface area contributed by atoms with E-state index in [9.17, 15) is 4.79 Å². The number of amidine groups is 1. The first-order chi connectivity index (χ1) is 12.7. The van der Waals surface area contributed by atoms with E-state index >= 15 is 0 Å². The van der Waals surface area contributed by atoms with E-state index in [-0.39, 0.29) is 5.91 Å². The fraction of sp³-hybridized carbons (Fsp3) is 0.158. The molecule has 0 radical (unpaired) electrons. The van der Waals surface area contributed by atoms with Crippen LogP contribution in [0.1, 0.15) is 5.56 Å². The van der Waals surface area contributed by atoms with Crippen molar-refractivity contribution >= 4 is 34.6 Å². The minimum atomic E-state index is -0.182. The molecule has 2 aliphatic heterocycles. The van der Waals surface area contributed by atoms with E-state index in [1.54, 1.807) is 13.2 Å². The van der Waals surface area contributed by atoms with Gasteiger partial charge in [-0.25, -0.2) is 4.99 Å². The van der Waals surface area contributed by atoms with Gasteiger partial charge in [0.2, 0.25) is 5.75 Å². The summed E-state index contributed by atoms with van der Waals surface area (Å²) < 4.78 is 16.6. The Morgan fingerprint density at radius 2 is 2.00 bits per heavy atom. The van der Waals surface area contributed by atoms with E-state index in [0.29, 0.717) is 40.5 Å². The number of para-hydroxylation sites is 1. The summed E-state index contributed by atoms with van der Waals surface area (Å²) in [7, 11) is 1.58. The topological polar surface area (TPSA) is 69.2 Å². The molecule has 2 heterocycles. The van der Waals surface area contributed by atoms with Crippen molar-refractivity contribution in [3.8, 4) is 17.2 Å². The Bertz CT molecular complexity index is 892. The van der Waals surface area contributed by atoms with Gasteiger partial charge < -0.3 is 19.5 Å². The number of aliphatic imine (C=N–C) groups is 1. The Morgan fingerprint density at radius 3 is 2.81 bits per heavy atom. The molecule has 0 spiro atoms. The normalized spacial score (nSPS) is 18.9. The predicted octanol–water partition coefficient (Wildman–Crippen LogP) is 3.36. The maximum absolute atomic E-state index is 12.3. The highest BCUT2D eigenvalue weighted by Gasteiger charge is 2.25. The Kier molecular flexibility index (Phi) is 4.53. The van der Waals surface area contributed by atoms with Crippen molar-refractivity contribution in [1.82, 2.24) is 5.32 Å². The number of thioether (sulfide) groups is 1. The molecule has 7 heteroatoms. The Labute approximate surface area is 154 Å². The van der Waals surface area contributed by atoms with Crippen LogP contribution < -0.4 is 19.5 Å². The van der Waals surface area contributed by atoms with E-state index < -0.39 is 0 Å². The van der Waals surface area contributed by atoms with Gasteiger partial charge in [0.15, 0.2) is 16.7 Å². The monoisotopic (exact) mass is 368 g/mol. The van der Waals surface area contributed by atoms with Crippen molar-refractivity contribution in [2.45, 2.75) is 0 Å². The molecular formula is C19H16N2O4S. The molecule has 2 aliphatic rings. The average Bonchev–Trinajstić information content (AvgIpc) is 3.00. The van der Waals surface area contributed by atoms with Crippen LogP contribution in [0.25, 0.3) is 6.08 Å². The van der Waals surface area contributed by atoms with Crippen LogP contribution in [0.5, 0.6) is 17.2 Å². The third kappa shape index (κ3) is 3.39. The SMILES string of the molecule is COc1cc(/C=C2\SC(=Nc3ccccc3)NC2=O)cc2c1OCCO2. The standard InChI is InChI=1S/C19H16N2O4S/c1-23-14-9-12(10-15-17(14)25-8-7-24-15)11-16-18(22)21-19(26-16)20-13-5-3-2-4-6-13/h2-6,9-11H,7-8H2,1H3,(H,20,21,22)/b16-11-. The molecule has 1 N–H and O–H groups in total. The summed E-state index contributed by atoms with van der Waals surface area (Å²) >= 11 is 1.30. The molecule has 1 amide bonds. The highest BCUT2D eigenvalue weighted by Crippen LogP contribution is 2.41. The van der Waals surface area contributed by atoms with Crippen LogP contribution in [0.3, 0.4) is 0 Å². The number of amides is 1. The molecular weight excluding hydrogens is 352 g/mol. The smallest absolute Gasteiger partial charge is 0.264 e. The van der Waals surface area contributed by atoms with E-state index in [0.717, 1.165) is 11.3 Å². The van der Waals surface area contributed by atoms with Gasteiger partial charge in [-0.15, -0.1) is 0 Å². The maximum atomic E-state index is 12.3. The lowest BCUT2D eigenvalue weighted by molar-refractivity contribution is -0.115. The van der Waals surface area contributed by atoms with E-state index in [4.69, 9.17) is 14.2 Å². The summed E-state index contributed by atoms with van der Waals surface area (Å²) in [5, 5.41) is 3.33. The number of hydrogen-bond donors (Lipinski definition) is 1. The third-order valence-electron chi connectivity index (χ3n) is 3.79. The molecule has 132 valence electrons. The predicted molar refractivity (Wildman–Crippen MR) is 101 cm³/mol. The van der Waals surface area contributed by atoms with Gasteiger partial charge >= 0.3 is 0 Å². The lowest BCUT2D eigenvalue weighted by atomic mass is 10.1. The minimum absolute atomic E-state index is 0.182. The number of fused-ring (bicyclic) bond motifs is 1. The van der Waals surface area contributed by atoms with Gasteiger partial charge in [0.1, 0.15) is 13.2 Å². The zero-order chi connectivity index (χ0) is 17.9. The lowest BCUT2D eigenvalue weighted by Crippen LogP contribution is -2.19. The van der Waals surface area contributed by atoms with Crippen LogP contribution in [0.4, 0.5) is 5.69 Å². The summed E-state index contributed by atoms with van der Waals surface area (Å²) in [5.41, 5.74) is 1.59. The summed E-state index contributed by atoms with van der Waals surface area (Å²) in [5.74, 6) is 1.61. The minimum Gasteiger partial charge on any atom is -0.493 e. The number of rotatable bonds is 3. The molecule has 6 nitrogen and oxygen atoms in total. The molecule has 26 heavy (non-hydrogen) atoms. The fourth-order valence-corrected chi connectivity index (χ4v) is 3.47. The number of hydrogen-bond acceptors (Lipinski definition) is 6. The van der Waals surface area contributed by atoms with Gasteiger partial charge in [0, 0.05) is 0 Å². The Morgan fingerprint density at radius 1 is 1.19 bits per heavy atom. The zero-order valence-corrected chi connectivity index (χ0v) is 14.8. The molecule has 1 saturated heterocycles. The molecule has 0 unspecified atom stereocenters. The van der Waals surface area contributed by atoms with Crippen molar-refractivity contribution < 1.29 is 19.0 Å². The van der Waals surface area contributed by atoms with Crippen molar-refractivity contribution in [3.63, 3.8) is 0 Å².